The Labute approximate surface area is 100 Å². The van der Waals surface area contributed by atoms with E-state index < -0.39 is 0 Å². The number of pyridine rings is 1. The molecule has 1 aromatic carbocycles. The number of H-pyrrole nitrogens is 1. The summed E-state index contributed by atoms with van der Waals surface area (Å²) in [5, 5.41) is 1.01. The highest BCUT2D eigenvalue weighted by atomic mass is 16.5. The van der Waals surface area contributed by atoms with Gasteiger partial charge in [-0.05, 0) is 36.6 Å². The van der Waals surface area contributed by atoms with E-state index in [1.165, 1.54) is 0 Å². The van der Waals surface area contributed by atoms with E-state index >= 15 is 0 Å². The molecule has 0 amide bonds. The van der Waals surface area contributed by atoms with E-state index in [0.717, 1.165) is 27.8 Å². The molecule has 0 radical (unpaired) electrons. The molecule has 2 aromatic rings. The number of aromatic amines is 1. The summed E-state index contributed by atoms with van der Waals surface area (Å²) in [7, 11) is 1.66. The summed E-state index contributed by atoms with van der Waals surface area (Å²) in [6.07, 6.45) is 0. The summed E-state index contributed by atoms with van der Waals surface area (Å²) in [6, 6.07) is 5.85. The number of methoxy groups -OCH3 is 1. The van der Waals surface area contributed by atoms with E-state index in [9.17, 15) is 4.79 Å². The third-order valence-corrected chi connectivity index (χ3v) is 3.01. The summed E-state index contributed by atoms with van der Waals surface area (Å²) in [6.45, 7) is 6.00. The Bertz CT molecular complexity index is 611. The number of fused-ring (bicyclic) bond motifs is 1. The molecule has 0 fully saturated rings. The second kappa shape index (κ2) is 4.24. The molecule has 90 valence electrons. The van der Waals surface area contributed by atoms with Crippen LogP contribution in [0.25, 0.3) is 10.9 Å². The Morgan fingerprint density at radius 1 is 1.24 bits per heavy atom. The minimum absolute atomic E-state index is 0.00272. The van der Waals surface area contributed by atoms with Crippen LogP contribution in [0.1, 0.15) is 30.9 Å². The minimum atomic E-state index is -0.00272. The van der Waals surface area contributed by atoms with Gasteiger partial charge in [0.15, 0.2) is 0 Å². The quantitative estimate of drug-likeness (QED) is 0.863. The Kier molecular flexibility index (Phi) is 2.92. The first kappa shape index (κ1) is 11.7. The zero-order chi connectivity index (χ0) is 12.6. The molecule has 2 rings (SSSR count). The fraction of sp³-hybridized carbons (Fsp3) is 0.357. The number of aryl methyl sites for hydroxylation is 1. The van der Waals surface area contributed by atoms with Crippen LogP contribution in [0.2, 0.25) is 0 Å². The fourth-order valence-corrected chi connectivity index (χ4v) is 2.01. The first-order chi connectivity index (χ1) is 8.02. The lowest BCUT2D eigenvalue weighted by Gasteiger charge is -2.09. The molecule has 0 atom stereocenters. The summed E-state index contributed by atoms with van der Waals surface area (Å²) in [4.78, 5) is 14.8. The smallest absolute Gasteiger partial charge is 0.251 e. The van der Waals surface area contributed by atoms with Gasteiger partial charge in [-0.25, -0.2) is 0 Å². The number of hydrogen-bond donors (Lipinski definition) is 1. The topological polar surface area (TPSA) is 42.1 Å². The number of benzene rings is 1. The molecular weight excluding hydrogens is 214 g/mol. The van der Waals surface area contributed by atoms with Gasteiger partial charge in [0.05, 0.1) is 7.11 Å². The zero-order valence-corrected chi connectivity index (χ0v) is 10.6. The van der Waals surface area contributed by atoms with Crippen molar-refractivity contribution in [1.29, 1.82) is 0 Å². The average Bonchev–Trinajstić information content (AvgIpc) is 2.27. The second-order valence-electron chi connectivity index (χ2n) is 4.62. The van der Waals surface area contributed by atoms with Crippen LogP contribution >= 0.6 is 0 Å². The summed E-state index contributed by atoms with van der Waals surface area (Å²) in [5.74, 6) is 1.06. The van der Waals surface area contributed by atoms with Crippen molar-refractivity contribution in [3.63, 3.8) is 0 Å². The first-order valence-corrected chi connectivity index (χ1v) is 5.74. The lowest BCUT2D eigenvalue weighted by atomic mass is 10.0. The van der Waals surface area contributed by atoms with Crippen molar-refractivity contribution in [3.8, 4) is 5.75 Å². The second-order valence-corrected chi connectivity index (χ2v) is 4.62. The highest BCUT2D eigenvalue weighted by molar-refractivity contribution is 5.81. The molecule has 3 heteroatoms. The van der Waals surface area contributed by atoms with Gasteiger partial charge in [-0.3, -0.25) is 4.79 Å². The van der Waals surface area contributed by atoms with E-state index in [2.05, 4.69) is 4.98 Å². The molecule has 0 bridgehead atoms. The van der Waals surface area contributed by atoms with Gasteiger partial charge in [0.2, 0.25) is 0 Å². The molecule has 0 unspecified atom stereocenters. The molecule has 17 heavy (non-hydrogen) atoms. The molecule has 3 nitrogen and oxygen atoms in total. The number of aromatic nitrogens is 1. The maximum absolute atomic E-state index is 11.9. The van der Waals surface area contributed by atoms with Gasteiger partial charge < -0.3 is 9.72 Å². The third-order valence-electron chi connectivity index (χ3n) is 3.01. The lowest BCUT2D eigenvalue weighted by Crippen LogP contribution is -2.13. The van der Waals surface area contributed by atoms with Gasteiger partial charge in [0, 0.05) is 16.5 Å². The van der Waals surface area contributed by atoms with Crippen molar-refractivity contribution in [2.75, 3.05) is 7.11 Å². The van der Waals surface area contributed by atoms with Crippen LogP contribution in [0.5, 0.6) is 5.75 Å². The summed E-state index contributed by atoms with van der Waals surface area (Å²) in [5.41, 5.74) is 2.69. The third kappa shape index (κ3) is 2.05. The number of rotatable bonds is 2. The van der Waals surface area contributed by atoms with Crippen molar-refractivity contribution < 1.29 is 4.74 Å². The Hall–Kier alpha value is -1.77. The maximum atomic E-state index is 11.9. The summed E-state index contributed by atoms with van der Waals surface area (Å²) < 4.78 is 5.29. The maximum Gasteiger partial charge on any atom is 0.251 e. The van der Waals surface area contributed by atoms with Gasteiger partial charge >= 0.3 is 0 Å². The molecular formula is C14H17NO2. The van der Waals surface area contributed by atoms with E-state index in [1.54, 1.807) is 7.11 Å². The Morgan fingerprint density at radius 2 is 1.94 bits per heavy atom. The van der Waals surface area contributed by atoms with Crippen molar-refractivity contribution in [2.24, 2.45) is 0 Å². The van der Waals surface area contributed by atoms with E-state index in [-0.39, 0.29) is 11.5 Å². The van der Waals surface area contributed by atoms with Gasteiger partial charge in [-0.15, -0.1) is 0 Å². The van der Waals surface area contributed by atoms with Crippen LogP contribution in [0, 0.1) is 6.92 Å². The van der Waals surface area contributed by atoms with Crippen molar-refractivity contribution in [3.05, 3.63) is 39.7 Å². The monoisotopic (exact) mass is 231 g/mol. The predicted octanol–water partition coefficient (Wildman–Crippen LogP) is 2.97. The number of ether oxygens (including phenoxy) is 1. The molecule has 1 aromatic heterocycles. The molecule has 0 saturated heterocycles. The number of nitrogens with one attached hydrogen (secondary N) is 1. The van der Waals surface area contributed by atoms with Gasteiger partial charge in [-0.2, -0.15) is 0 Å². The standard InChI is InChI=1S/C14H17NO2/c1-8(2)11-6-10-7-13(17-4)9(3)5-12(10)15-14(11)16/h5-8H,1-4H3,(H,15,16). The fourth-order valence-electron chi connectivity index (χ4n) is 2.01. The summed E-state index contributed by atoms with van der Waals surface area (Å²) >= 11 is 0. The van der Waals surface area contributed by atoms with Crippen molar-refractivity contribution >= 4 is 10.9 Å². The Balaban J connectivity index is 2.76. The average molecular weight is 231 g/mol. The van der Waals surface area contributed by atoms with Crippen LogP contribution in [-0.4, -0.2) is 12.1 Å². The van der Waals surface area contributed by atoms with Gasteiger partial charge in [0.25, 0.3) is 5.56 Å². The molecule has 0 aliphatic heterocycles. The van der Waals surface area contributed by atoms with E-state index in [0.29, 0.717) is 0 Å². The SMILES string of the molecule is COc1cc2cc(C(C)C)c(=O)[nH]c2cc1C. The normalized spacial score (nSPS) is 11.1. The predicted molar refractivity (Wildman–Crippen MR) is 69.9 cm³/mol. The molecule has 0 saturated carbocycles. The van der Waals surface area contributed by atoms with Gasteiger partial charge in [0.1, 0.15) is 5.75 Å². The minimum Gasteiger partial charge on any atom is -0.496 e. The van der Waals surface area contributed by atoms with Crippen LogP contribution in [0.3, 0.4) is 0 Å². The first-order valence-electron chi connectivity index (χ1n) is 5.74. The zero-order valence-electron chi connectivity index (χ0n) is 10.6. The van der Waals surface area contributed by atoms with Crippen LogP contribution < -0.4 is 10.3 Å². The molecule has 0 aliphatic rings. The van der Waals surface area contributed by atoms with Gasteiger partial charge in [-0.1, -0.05) is 13.8 Å². The Morgan fingerprint density at radius 3 is 2.53 bits per heavy atom. The number of hydrogen-bond acceptors (Lipinski definition) is 2. The molecule has 0 aliphatic carbocycles. The molecule has 1 heterocycles. The lowest BCUT2D eigenvalue weighted by molar-refractivity contribution is 0.412. The largest absolute Gasteiger partial charge is 0.496 e. The van der Waals surface area contributed by atoms with E-state index in [1.807, 2.05) is 39.0 Å². The van der Waals surface area contributed by atoms with Crippen LogP contribution in [-0.2, 0) is 0 Å². The highest BCUT2D eigenvalue weighted by Gasteiger charge is 2.08. The van der Waals surface area contributed by atoms with E-state index in [4.69, 9.17) is 4.74 Å². The van der Waals surface area contributed by atoms with Crippen LogP contribution in [0.4, 0.5) is 0 Å². The highest BCUT2D eigenvalue weighted by Crippen LogP contribution is 2.24. The van der Waals surface area contributed by atoms with Crippen molar-refractivity contribution in [2.45, 2.75) is 26.7 Å². The van der Waals surface area contributed by atoms with Crippen molar-refractivity contribution in [1.82, 2.24) is 4.98 Å². The van der Waals surface area contributed by atoms with Crippen LogP contribution in [0.15, 0.2) is 23.0 Å². The molecule has 1 N–H and O–H groups in total. The molecule has 0 spiro atoms.